The highest BCUT2D eigenvalue weighted by molar-refractivity contribution is 6.30. The monoisotopic (exact) mass is 316 g/mol. The lowest BCUT2D eigenvalue weighted by Gasteiger charge is -2.03. The quantitative estimate of drug-likeness (QED) is 0.779. The van der Waals surface area contributed by atoms with E-state index in [0.29, 0.717) is 5.69 Å². The number of anilines is 1. The Morgan fingerprint density at radius 1 is 1.14 bits per heavy atom. The molecule has 1 amide bonds. The molecule has 0 spiro atoms. The van der Waals surface area contributed by atoms with Crippen LogP contribution in [0.2, 0.25) is 5.02 Å². The van der Waals surface area contributed by atoms with E-state index < -0.39 is 11.7 Å². The summed E-state index contributed by atoms with van der Waals surface area (Å²) in [6.45, 7) is 0. The van der Waals surface area contributed by atoms with Crippen LogP contribution in [-0.2, 0) is 0 Å². The molecule has 0 bridgehead atoms. The van der Waals surface area contributed by atoms with Gasteiger partial charge in [-0.15, -0.1) is 0 Å². The van der Waals surface area contributed by atoms with Gasteiger partial charge in [0.05, 0.1) is 5.02 Å². The number of carbonyl (C=O) groups is 1. The van der Waals surface area contributed by atoms with Gasteiger partial charge in [-0.3, -0.25) is 4.79 Å². The summed E-state index contributed by atoms with van der Waals surface area (Å²) in [6, 6.07) is 14.8. The number of nitrogens with zero attached hydrogens (tertiary/aromatic N) is 1. The summed E-state index contributed by atoms with van der Waals surface area (Å²) in [5, 5.41) is 6.36. The fraction of sp³-hybridized carbons (Fsp3) is 0. The fourth-order valence-corrected chi connectivity index (χ4v) is 2.01. The van der Waals surface area contributed by atoms with Crippen molar-refractivity contribution in [3.05, 3.63) is 71.2 Å². The molecule has 4 nitrogen and oxygen atoms in total. The van der Waals surface area contributed by atoms with Crippen LogP contribution < -0.4 is 5.32 Å². The van der Waals surface area contributed by atoms with Crippen molar-refractivity contribution in [1.29, 1.82) is 0 Å². The Bertz CT molecular complexity index is 818. The summed E-state index contributed by atoms with van der Waals surface area (Å²) in [6.07, 6.45) is 0. The van der Waals surface area contributed by atoms with E-state index in [9.17, 15) is 9.18 Å². The molecule has 0 aliphatic carbocycles. The van der Waals surface area contributed by atoms with Gasteiger partial charge in [0, 0.05) is 17.3 Å². The second-order valence-corrected chi connectivity index (χ2v) is 4.93. The van der Waals surface area contributed by atoms with Crippen LogP contribution in [0, 0.1) is 5.82 Å². The smallest absolute Gasteiger partial charge is 0.294 e. The average Bonchev–Trinajstić information content (AvgIpc) is 3.02. The molecule has 0 aliphatic rings. The summed E-state index contributed by atoms with van der Waals surface area (Å²) < 4.78 is 18.4. The SMILES string of the molecule is O=C(Nc1ccc(Cl)c(F)c1)c1cc(-c2ccccc2)no1. The highest BCUT2D eigenvalue weighted by Gasteiger charge is 2.14. The number of nitrogens with one attached hydrogen (secondary N) is 1. The highest BCUT2D eigenvalue weighted by atomic mass is 35.5. The second-order valence-electron chi connectivity index (χ2n) is 4.53. The third-order valence-electron chi connectivity index (χ3n) is 2.98. The number of carbonyl (C=O) groups excluding carboxylic acids is 1. The molecule has 110 valence electrons. The van der Waals surface area contributed by atoms with E-state index in [0.717, 1.165) is 11.6 Å². The first kappa shape index (κ1) is 14.3. The molecule has 6 heteroatoms. The van der Waals surface area contributed by atoms with Crippen LogP contribution in [0.25, 0.3) is 11.3 Å². The molecule has 0 saturated carbocycles. The predicted molar refractivity (Wildman–Crippen MR) is 81.3 cm³/mol. The highest BCUT2D eigenvalue weighted by Crippen LogP contribution is 2.21. The number of halogens is 2. The van der Waals surface area contributed by atoms with Crippen molar-refractivity contribution in [2.45, 2.75) is 0 Å². The van der Waals surface area contributed by atoms with E-state index in [4.69, 9.17) is 16.1 Å². The Balaban J connectivity index is 1.78. The Hall–Kier alpha value is -2.66. The number of aromatic nitrogens is 1. The first-order valence-electron chi connectivity index (χ1n) is 6.42. The van der Waals surface area contributed by atoms with Gasteiger partial charge in [-0.2, -0.15) is 0 Å². The van der Waals surface area contributed by atoms with Gasteiger partial charge in [0.1, 0.15) is 11.5 Å². The van der Waals surface area contributed by atoms with Crippen molar-refractivity contribution >= 4 is 23.2 Å². The molecule has 0 radical (unpaired) electrons. The number of hydrogen-bond acceptors (Lipinski definition) is 3. The van der Waals surface area contributed by atoms with Crippen LogP contribution in [0.4, 0.5) is 10.1 Å². The molecule has 0 aliphatic heterocycles. The molecule has 0 unspecified atom stereocenters. The van der Waals surface area contributed by atoms with E-state index >= 15 is 0 Å². The van der Waals surface area contributed by atoms with Gasteiger partial charge >= 0.3 is 0 Å². The number of hydrogen-bond donors (Lipinski definition) is 1. The van der Waals surface area contributed by atoms with Gasteiger partial charge in [0.2, 0.25) is 5.76 Å². The molecule has 1 aromatic heterocycles. The molecular formula is C16H10ClFN2O2. The van der Waals surface area contributed by atoms with E-state index in [1.807, 2.05) is 30.3 Å². The van der Waals surface area contributed by atoms with Crippen LogP contribution >= 0.6 is 11.6 Å². The summed E-state index contributed by atoms with van der Waals surface area (Å²) in [4.78, 5) is 12.1. The molecule has 1 N–H and O–H groups in total. The normalized spacial score (nSPS) is 10.5. The molecule has 22 heavy (non-hydrogen) atoms. The molecule has 3 rings (SSSR count). The van der Waals surface area contributed by atoms with Crippen LogP contribution in [0.1, 0.15) is 10.6 Å². The first-order chi connectivity index (χ1) is 10.6. The van der Waals surface area contributed by atoms with Crippen molar-refractivity contribution in [2.24, 2.45) is 0 Å². The molecule has 0 atom stereocenters. The lowest BCUT2D eigenvalue weighted by atomic mass is 10.1. The Morgan fingerprint density at radius 3 is 2.64 bits per heavy atom. The zero-order chi connectivity index (χ0) is 15.5. The van der Waals surface area contributed by atoms with Gasteiger partial charge < -0.3 is 9.84 Å². The van der Waals surface area contributed by atoms with Crippen molar-refractivity contribution in [2.75, 3.05) is 5.32 Å². The molecule has 0 saturated heterocycles. The fourth-order valence-electron chi connectivity index (χ4n) is 1.89. The number of rotatable bonds is 3. The van der Waals surface area contributed by atoms with E-state index in [1.54, 1.807) is 0 Å². The van der Waals surface area contributed by atoms with Gasteiger partial charge in [0.15, 0.2) is 0 Å². The number of benzene rings is 2. The van der Waals surface area contributed by atoms with Crippen molar-refractivity contribution < 1.29 is 13.7 Å². The minimum atomic E-state index is -0.609. The Kier molecular flexibility index (Phi) is 3.89. The predicted octanol–water partition coefficient (Wildman–Crippen LogP) is 4.39. The summed E-state index contributed by atoms with van der Waals surface area (Å²) >= 11 is 5.59. The minimum absolute atomic E-state index is 0.0102. The van der Waals surface area contributed by atoms with Gasteiger partial charge in [-0.1, -0.05) is 47.1 Å². The van der Waals surface area contributed by atoms with Crippen molar-refractivity contribution in [1.82, 2.24) is 5.16 Å². The number of amides is 1. The van der Waals surface area contributed by atoms with Crippen LogP contribution in [0.15, 0.2) is 59.1 Å². The third kappa shape index (κ3) is 2.99. The topological polar surface area (TPSA) is 55.1 Å². The van der Waals surface area contributed by atoms with Gasteiger partial charge in [-0.25, -0.2) is 4.39 Å². The largest absolute Gasteiger partial charge is 0.350 e. The zero-order valence-corrected chi connectivity index (χ0v) is 12.0. The summed E-state index contributed by atoms with van der Waals surface area (Å²) in [5.74, 6) is -1.09. The molecule has 0 fully saturated rings. The lowest BCUT2D eigenvalue weighted by molar-refractivity contribution is 0.0988. The van der Waals surface area contributed by atoms with Gasteiger partial charge in [-0.05, 0) is 18.2 Å². The summed E-state index contributed by atoms with van der Waals surface area (Å²) in [7, 11) is 0. The Morgan fingerprint density at radius 2 is 1.91 bits per heavy atom. The van der Waals surface area contributed by atoms with Crippen molar-refractivity contribution in [3.63, 3.8) is 0 Å². The van der Waals surface area contributed by atoms with Crippen molar-refractivity contribution in [3.8, 4) is 11.3 Å². The third-order valence-corrected chi connectivity index (χ3v) is 3.29. The second kappa shape index (κ2) is 5.99. The van der Waals surface area contributed by atoms with Gasteiger partial charge in [0.25, 0.3) is 5.91 Å². The lowest BCUT2D eigenvalue weighted by Crippen LogP contribution is -2.11. The summed E-state index contributed by atoms with van der Waals surface area (Å²) in [5.41, 5.74) is 1.67. The molecule has 1 heterocycles. The van der Waals surface area contributed by atoms with Crippen LogP contribution in [-0.4, -0.2) is 11.1 Å². The van der Waals surface area contributed by atoms with Crippen LogP contribution in [0.3, 0.4) is 0 Å². The molecular weight excluding hydrogens is 307 g/mol. The van der Waals surface area contributed by atoms with Crippen LogP contribution in [0.5, 0.6) is 0 Å². The van der Waals surface area contributed by atoms with E-state index in [-0.39, 0.29) is 16.5 Å². The maximum Gasteiger partial charge on any atom is 0.294 e. The maximum absolute atomic E-state index is 13.3. The van der Waals surface area contributed by atoms with E-state index in [1.165, 1.54) is 18.2 Å². The maximum atomic E-state index is 13.3. The standard InChI is InChI=1S/C16H10ClFN2O2/c17-12-7-6-11(8-13(12)18)19-16(21)15-9-14(20-22-15)10-4-2-1-3-5-10/h1-9H,(H,19,21). The first-order valence-corrected chi connectivity index (χ1v) is 6.80. The minimum Gasteiger partial charge on any atom is -0.350 e. The van der Waals surface area contributed by atoms with E-state index in [2.05, 4.69) is 10.5 Å². The zero-order valence-electron chi connectivity index (χ0n) is 11.2. The molecule has 2 aromatic carbocycles. The molecule has 3 aromatic rings. The average molecular weight is 317 g/mol. The Labute approximate surface area is 130 Å².